The highest BCUT2D eigenvalue weighted by Gasteiger charge is 2.32. The van der Waals surface area contributed by atoms with E-state index in [0.717, 1.165) is 60.7 Å². The molecule has 0 radical (unpaired) electrons. The van der Waals surface area contributed by atoms with Gasteiger partial charge in [0.05, 0.1) is 18.2 Å². The largest absolute Gasteiger partial charge is 0.465 e. The van der Waals surface area contributed by atoms with E-state index >= 15 is 0 Å². The number of ether oxygens (including phenoxy) is 1. The van der Waals surface area contributed by atoms with Crippen LogP contribution in [0.2, 0.25) is 0 Å². The topological polar surface area (TPSA) is 71.8 Å². The van der Waals surface area contributed by atoms with Crippen molar-refractivity contribution in [3.05, 3.63) is 70.2 Å². The lowest BCUT2D eigenvalue weighted by atomic mass is 9.91. The maximum atomic E-state index is 14.7. The van der Waals surface area contributed by atoms with Crippen molar-refractivity contribution in [2.45, 2.75) is 57.5 Å². The first-order chi connectivity index (χ1) is 16.4. The highest BCUT2D eigenvalue weighted by Crippen LogP contribution is 2.45. The Morgan fingerprint density at radius 3 is 2.62 bits per heavy atom. The number of carbonyl (C=O) groups excluding carboxylic acids is 1. The molecule has 1 unspecified atom stereocenters. The molecule has 1 N–H and O–H groups in total. The van der Waals surface area contributed by atoms with Crippen molar-refractivity contribution in [1.29, 1.82) is 0 Å². The molecule has 0 amide bonds. The standard InChI is InChI=1S/C27H29FN2O4/c1-16-13-21(17-6-7-17)22(19-10-12-30(25(16)19)27(32)33)15-29-11-4-3-5-24(29)18-8-9-20(23(28)14-18)26(31)34-2/h8-10,12-14,17,24H,3-7,11,15H2,1-2H3,(H,32,33). The van der Waals surface area contributed by atoms with Crippen molar-refractivity contribution in [3.8, 4) is 0 Å². The predicted octanol–water partition coefficient (Wildman–Crippen LogP) is 6.01. The Morgan fingerprint density at radius 2 is 1.94 bits per heavy atom. The number of rotatable bonds is 5. The van der Waals surface area contributed by atoms with Gasteiger partial charge in [-0.1, -0.05) is 18.6 Å². The Morgan fingerprint density at radius 1 is 1.15 bits per heavy atom. The number of hydrogen-bond acceptors (Lipinski definition) is 4. The van der Waals surface area contributed by atoms with Gasteiger partial charge < -0.3 is 9.84 Å². The van der Waals surface area contributed by atoms with E-state index in [1.807, 2.05) is 19.1 Å². The summed E-state index contributed by atoms with van der Waals surface area (Å²) < 4.78 is 20.7. The van der Waals surface area contributed by atoms with Crippen LogP contribution in [0, 0.1) is 12.7 Å². The summed E-state index contributed by atoms with van der Waals surface area (Å²) in [6.07, 6.45) is 5.97. The van der Waals surface area contributed by atoms with Crippen molar-refractivity contribution in [2.24, 2.45) is 0 Å². The van der Waals surface area contributed by atoms with Gasteiger partial charge in [-0.05, 0) is 85.5 Å². The van der Waals surface area contributed by atoms with Crippen molar-refractivity contribution < 1.29 is 23.8 Å². The number of aromatic nitrogens is 1. The molecule has 1 saturated carbocycles. The van der Waals surface area contributed by atoms with E-state index in [2.05, 4.69) is 15.7 Å². The monoisotopic (exact) mass is 464 g/mol. The first kappa shape index (κ1) is 22.6. The van der Waals surface area contributed by atoms with E-state index in [4.69, 9.17) is 0 Å². The third-order valence-corrected chi connectivity index (χ3v) is 7.29. The van der Waals surface area contributed by atoms with Gasteiger partial charge in [0, 0.05) is 24.2 Å². The van der Waals surface area contributed by atoms with Crippen molar-refractivity contribution >= 4 is 23.0 Å². The number of carbonyl (C=O) groups is 2. The molecule has 1 atom stereocenters. The van der Waals surface area contributed by atoms with Crippen LogP contribution in [-0.4, -0.2) is 40.3 Å². The van der Waals surface area contributed by atoms with Gasteiger partial charge in [0.1, 0.15) is 5.82 Å². The number of aryl methyl sites for hydroxylation is 1. The number of carboxylic acid groups (broad SMARTS) is 1. The van der Waals surface area contributed by atoms with E-state index in [1.54, 1.807) is 6.20 Å². The van der Waals surface area contributed by atoms with Crippen molar-refractivity contribution in [2.75, 3.05) is 13.7 Å². The Kier molecular flexibility index (Phi) is 5.90. The normalized spacial score (nSPS) is 18.9. The van der Waals surface area contributed by atoms with Crippen LogP contribution in [0.1, 0.15) is 76.7 Å². The summed E-state index contributed by atoms with van der Waals surface area (Å²) in [7, 11) is 1.25. The summed E-state index contributed by atoms with van der Waals surface area (Å²) in [4.78, 5) is 26.0. The van der Waals surface area contributed by atoms with Crippen LogP contribution in [0.4, 0.5) is 9.18 Å². The summed E-state index contributed by atoms with van der Waals surface area (Å²) in [6, 6.07) is 8.91. The summed E-state index contributed by atoms with van der Waals surface area (Å²) in [5.74, 6) is -0.722. The molecule has 2 heterocycles. The first-order valence-electron chi connectivity index (χ1n) is 11.9. The molecule has 1 aliphatic heterocycles. The second kappa shape index (κ2) is 8.87. The maximum Gasteiger partial charge on any atom is 0.416 e. The molecular weight excluding hydrogens is 435 g/mol. The van der Waals surface area contributed by atoms with Gasteiger partial charge in [-0.15, -0.1) is 0 Å². The van der Waals surface area contributed by atoms with Gasteiger partial charge in [-0.3, -0.25) is 9.47 Å². The number of piperidine rings is 1. The Balaban J connectivity index is 1.54. The van der Waals surface area contributed by atoms with E-state index < -0.39 is 17.9 Å². The number of fused-ring (bicyclic) bond motifs is 1. The van der Waals surface area contributed by atoms with Crippen LogP contribution >= 0.6 is 0 Å². The van der Waals surface area contributed by atoms with Crippen LogP contribution < -0.4 is 0 Å². The molecule has 2 aromatic carbocycles. The van der Waals surface area contributed by atoms with Crippen molar-refractivity contribution in [1.82, 2.24) is 9.47 Å². The number of likely N-dealkylation sites (tertiary alicyclic amines) is 1. The molecule has 34 heavy (non-hydrogen) atoms. The molecule has 3 aromatic rings. The predicted molar refractivity (Wildman–Crippen MR) is 127 cm³/mol. The number of esters is 1. The lowest BCUT2D eigenvalue weighted by Crippen LogP contribution is -2.33. The van der Waals surface area contributed by atoms with Gasteiger partial charge in [-0.25, -0.2) is 14.0 Å². The fraction of sp³-hybridized carbons (Fsp3) is 0.407. The highest BCUT2D eigenvalue weighted by molar-refractivity contribution is 5.94. The molecule has 5 rings (SSSR count). The van der Waals surface area contributed by atoms with Crippen LogP contribution in [0.5, 0.6) is 0 Å². The van der Waals surface area contributed by atoms with Crippen LogP contribution in [0.3, 0.4) is 0 Å². The molecule has 0 spiro atoms. The Hall–Kier alpha value is -3.19. The van der Waals surface area contributed by atoms with E-state index in [1.165, 1.54) is 34.9 Å². The number of methoxy groups -OCH3 is 1. The average Bonchev–Trinajstić information content (AvgIpc) is 3.57. The molecule has 1 saturated heterocycles. The van der Waals surface area contributed by atoms with Crippen LogP contribution in [-0.2, 0) is 11.3 Å². The molecule has 1 aromatic heterocycles. The number of benzene rings is 2. The third-order valence-electron chi connectivity index (χ3n) is 7.29. The summed E-state index contributed by atoms with van der Waals surface area (Å²) in [5, 5.41) is 10.7. The molecule has 2 aliphatic rings. The Bertz CT molecular complexity index is 1280. The van der Waals surface area contributed by atoms with Crippen molar-refractivity contribution in [3.63, 3.8) is 0 Å². The minimum absolute atomic E-state index is 0.0277. The molecule has 6 nitrogen and oxygen atoms in total. The first-order valence-corrected chi connectivity index (χ1v) is 11.9. The van der Waals surface area contributed by atoms with Crippen LogP contribution in [0.25, 0.3) is 10.9 Å². The van der Waals surface area contributed by atoms with E-state index in [9.17, 15) is 19.1 Å². The van der Waals surface area contributed by atoms with E-state index in [0.29, 0.717) is 12.5 Å². The SMILES string of the molecule is COC(=O)c1ccc(C2CCCCN2Cc2c(C3CC3)cc(C)c3c2ccn3C(=O)O)cc1F. The Labute approximate surface area is 197 Å². The number of halogens is 1. The van der Waals surface area contributed by atoms with Gasteiger partial charge in [-0.2, -0.15) is 0 Å². The average molecular weight is 465 g/mol. The molecule has 0 bridgehead atoms. The fourth-order valence-electron chi connectivity index (χ4n) is 5.49. The molecular formula is C27H29FN2O4. The van der Waals surface area contributed by atoms with Gasteiger partial charge in [0.15, 0.2) is 0 Å². The summed E-state index contributed by atoms with van der Waals surface area (Å²) in [5.41, 5.74) is 5.01. The quantitative estimate of drug-likeness (QED) is 0.469. The summed E-state index contributed by atoms with van der Waals surface area (Å²) in [6.45, 7) is 3.54. The van der Waals surface area contributed by atoms with Gasteiger partial charge in [0.25, 0.3) is 0 Å². The zero-order valence-electron chi connectivity index (χ0n) is 19.5. The van der Waals surface area contributed by atoms with Crippen LogP contribution in [0.15, 0.2) is 36.5 Å². The number of nitrogens with zero attached hydrogens (tertiary/aromatic N) is 2. The van der Waals surface area contributed by atoms with Gasteiger partial charge in [0.2, 0.25) is 0 Å². The number of hydrogen-bond donors (Lipinski definition) is 1. The zero-order chi connectivity index (χ0) is 24.0. The zero-order valence-corrected chi connectivity index (χ0v) is 19.5. The molecule has 7 heteroatoms. The lowest BCUT2D eigenvalue weighted by molar-refractivity contribution is 0.0595. The third kappa shape index (κ3) is 3.98. The lowest BCUT2D eigenvalue weighted by Gasteiger charge is -2.37. The van der Waals surface area contributed by atoms with Gasteiger partial charge >= 0.3 is 12.1 Å². The molecule has 2 fully saturated rings. The minimum Gasteiger partial charge on any atom is -0.465 e. The molecule has 178 valence electrons. The maximum absolute atomic E-state index is 14.7. The second-order valence-electron chi connectivity index (χ2n) is 9.48. The fourth-order valence-corrected chi connectivity index (χ4v) is 5.49. The summed E-state index contributed by atoms with van der Waals surface area (Å²) >= 11 is 0. The highest BCUT2D eigenvalue weighted by atomic mass is 19.1. The molecule has 1 aliphatic carbocycles. The minimum atomic E-state index is -0.986. The van der Waals surface area contributed by atoms with E-state index in [-0.39, 0.29) is 11.6 Å². The second-order valence-corrected chi connectivity index (χ2v) is 9.48. The smallest absolute Gasteiger partial charge is 0.416 e.